The maximum Gasteiger partial charge on any atom is 0.0840 e. The fraction of sp³-hybridized carbons (Fsp3) is 0.333. The zero-order valence-electron chi connectivity index (χ0n) is 3.19. The molecule has 0 heterocycles. The Morgan fingerprint density at radius 2 is 2.50 bits per heavy atom. The summed E-state index contributed by atoms with van der Waals surface area (Å²) in [5.74, 6) is 0. The van der Waals surface area contributed by atoms with Crippen molar-refractivity contribution >= 4 is 0 Å². The van der Waals surface area contributed by atoms with Crippen LogP contribution in [0, 0.1) is 0 Å². The largest absolute Gasteiger partial charge is 0.317 e. The van der Waals surface area contributed by atoms with Gasteiger partial charge in [0, 0.05) is 6.54 Å². The van der Waals surface area contributed by atoms with Crippen molar-refractivity contribution in [2.45, 2.75) is 0 Å². The molecule has 0 atom stereocenters. The van der Waals surface area contributed by atoms with E-state index < -0.39 is 0 Å². The summed E-state index contributed by atoms with van der Waals surface area (Å²) in [6, 6.07) is 0. The molecular weight excluding hydrogens is 85.0 g/mol. The summed E-state index contributed by atoms with van der Waals surface area (Å²) in [5, 5.41) is 7.73. The van der Waals surface area contributed by atoms with Crippen molar-refractivity contribution in [1.29, 1.82) is 0 Å². The van der Waals surface area contributed by atoms with Gasteiger partial charge in [0.1, 0.15) is 0 Å². The highest BCUT2D eigenvalue weighted by atomic mass is 19.1. The molecule has 0 aliphatic heterocycles. The second kappa shape index (κ2) is 4.59. The van der Waals surface area contributed by atoms with Crippen LogP contribution in [0.3, 0.4) is 0 Å². The van der Waals surface area contributed by atoms with Crippen LogP contribution < -0.4 is 5.48 Å². The van der Waals surface area contributed by atoms with E-state index in [1.807, 2.05) is 0 Å². The smallest absolute Gasteiger partial charge is 0.0840 e. The van der Waals surface area contributed by atoms with Crippen LogP contribution in [0.1, 0.15) is 0 Å². The van der Waals surface area contributed by atoms with Crippen molar-refractivity contribution in [3.63, 3.8) is 0 Å². The second-order valence-corrected chi connectivity index (χ2v) is 0.724. The zero-order chi connectivity index (χ0) is 4.83. The molecule has 0 saturated carbocycles. The van der Waals surface area contributed by atoms with Crippen molar-refractivity contribution in [3.8, 4) is 0 Å². The van der Waals surface area contributed by atoms with E-state index in [-0.39, 0.29) is 6.54 Å². The van der Waals surface area contributed by atoms with E-state index in [1.54, 1.807) is 5.48 Å². The lowest BCUT2D eigenvalue weighted by molar-refractivity contribution is 0.179. The predicted octanol–water partition coefficient (Wildman–Crippen LogP) is 0.448. The van der Waals surface area contributed by atoms with E-state index in [4.69, 9.17) is 5.21 Å². The molecule has 0 saturated heterocycles. The summed E-state index contributed by atoms with van der Waals surface area (Å²) >= 11 is 0. The Balaban J connectivity index is 2.66. The Morgan fingerprint density at radius 3 is 2.67 bits per heavy atom. The topological polar surface area (TPSA) is 32.3 Å². The standard InChI is InChI=1S/C3H6FNO/c4-2-1-3-5-6/h1-2,5-6H,3H2. The molecule has 0 aromatic rings. The van der Waals surface area contributed by atoms with Gasteiger partial charge >= 0.3 is 0 Å². The lowest BCUT2D eigenvalue weighted by atomic mass is 10.7. The van der Waals surface area contributed by atoms with E-state index >= 15 is 0 Å². The van der Waals surface area contributed by atoms with Gasteiger partial charge in [-0.15, -0.1) is 0 Å². The van der Waals surface area contributed by atoms with E-state index in [0.717, 1.165) is 6.08 Å². The number of hydrogen-bond donors (Lipinski definition) is 2. The first kappa shape index (κ1) is 5.59. The molecule has 2 N–H and O–H groups in total. The zero-order valence-corrected chi connectivity index (χ0v) is 3.19. The third-order valence-electron chi connectivity index (χ3n) is 0.298. The predicted molar refractivity (Wildman–Crippen MR) is 20.0 cm³/mol. The number of rotatable bonds is 2. The van der Waals surface area contributed by atoms with Crippen LogP contribution in [0.5, 0.6) is 0 Å². The van der Waals surface area contributed by atoms with Crippen LogP contribution >= 0.6 is 0 Å². The van der Waals surface area contributed by atoms with Gasteiger partial charge in [0.2, 0.25) is 0 Å². The third-order valence-corrected chi connectivity index (χ3v) is 0.298. The Morgan fingerprint density at radius 1 is 1.83 bits per heavy atom. The summed E-state index contributed by atoms with van der Waals surface area (Å²) in [5.41, 5.74) is 1.74. The first-order valence-corrected chi connectivity index (χ1v) is 1.54. The molecule has 0 unspecified atom stereocenters. The van der Waals surface area contributed by atoms with Gasteiger partial charge in [-0.25, -0.2) is 9.87 Å². The highest BCUT2D eigenvalue weighted by Gasteiger charge is 1.64. The van der Waals surface area contributed by atoms with Crippen LogP contribution in [0.2, 0.25) is 0 Å². The Labute approximate surface area is 35.2 Å². The molecule has 0 bridgehead atoms. The van der Waals surface area contributed by atoms with Gasteiger partial charge in [-0.2, -0.15) is 0 Å². The first-order valence-electron chi connectivity index (χ1n) is 1.54. The molecule has 0 fully saturated rings. The van der Waals surface area contributed by atoms with E-state index in [1.165, 1.54) is 0 Å². The molecule has 0 aliphatic rings. The van der Waals surface area contributed by atoms with Crippen LogP contribution in [0.15, 0.2) is 12.4 Å². The van der Waals surface area contributed by atoms with Crippen LogP contribution in [0.4, 0.5) is 4.39 Å². The van der Waals surface area contributed by atoms with E-state index in [0.29, 0.717) is 6.33 Å². The fourth-order valence-corrected chi connectivity index (χ4v) is 0.0972. The average Bonchev–Trinajstić information content (AvgIpc) is 1.61. The van der Waals surface area contributed by atoms with Crippen molar-refractivity contribution in [3.05, 3.63) is 12.4 Å². The lowest BCUT2D eigenvalue weighted by Crippen LogP contribution is -2.04. The van der Waals surface area contributed by atoms with Crippen LogP contribution in [-0.2, 0) is 0 Å². The molecular formula is C3H6FNO. The summed E-state index contributed by atoms with van der Waals surface area (Å²) < 4.78 is 10.8. The number of nitrogens with one attached hydrogen (secondary N) is 1. The van der Waals surface area contributed by atoms with Crippen LogP contribution in [-0.4, -0.2) is 11.8 Å². The monoisotopic (exact) mass is 91.0 g/mol. The molecule has 0 radical (unpaired) electrons. The number of hydroxylamine groups is 1. The summed E-state index contributed by atoms with van der Waals surface area (Å²) in [4.78, 5) is 0. The minimum atomic E-state index is 0.163. The number of hydrogen-bond acceptors (Lipinski definition) is 2. The third kappa shape index (κ3) is 3.59. The molecule has 0 spiro atoms. The molecule has 36 valence electrons. The highest BCUT2D eigenvalue weighted by Crippen LogP contribution is 1.65. The van der Waals surface area contributed by atoms with E-state index in [2.05, 4.69) is 0 Å². The summed E-state index contributed by atoms with van der Waals surface area (Å²) in [6.07, 6.45) is 1.52. The Kier molecular flexibility index (Phi) is 4.28. The molecule has 0 aromatic heterocycles. The lowest BCUT2D eigenvalue weighted by Gasteiger charge is -1.79. The van der Waals surface area contributed by atoms with Crippen molar-refractivity contribution in [2.24, 2.45) is 0 Å². The van der Waals surface area contributed by atoms with Gasteiger partial charge < -0.3 is 5.21 Å². The highest BCUT2D eigenvalue weighted by molar-refractivity contribution is 4.71. The molecule has 0 aliphatic carbocycles. The second-order valence-electron chi connectivity index (χ2n) is 0.724. The summed E-state index contributed by atoms with van der Waals surface area (Å²) in [7, 11) is 0. The minimum absolute atomic E-state index is 0.163. The molecule has 0 rings (SSSR count). The SMILES string of the molecule is ONCC=CF. The van der Waals surface area contributed by atoms with Crippen molar-refractivity contribution in [2.75, 3.05) is 6.54 Å². The quantitative estimate of drug-likeness (QED) is 0.483. The fourth-order valence-electron chi connectivity index (χ4n) is 0.0972. The van der Waals surface area contributed by atoms with Crippen molar-refractivity contribution in [1.82, 2.24) is 5.48 Å². The summed E-state index contributed by atoms with van der Waals surface area (Å²) in [6.45, 7) is 0.163. The van der Waals surface area contributed by atoms with E-state index in [9.17, 15) is 4.39 Å². The molecule has 2 nitrogen and oxygen atoms in total. The maximum absolute atomic E-state index is 10.8. The van der Waals surface area contributed by atoms with Crippen molar-refractivity contribution < 1.29 is 9.60 Å². The van der Waals surface area contributed by atoms with Gasteiger partial charge in [0.05, 0.1) is 6.33 Å². The van der Waals surface area contributed by atoms with Gasteiger partial charge in [-0.3, -0.25) is 0 Å². The normalized spacial score (nSPS) is 10.3. The van der Waals surface area contributed by atoms with Gasteiger partial charge in [0.15, 0.2) is 0 Å². The van der Waals surface area contributed by atoms with Gasteiger partial charge in [-0.1, -0.05) is 0 Å². The Hall–Kier alpha value is -0.410. The van der Waals surface area contributed by atoms with Crippen LogP contribution in [0.25, 0.3) is 0 Å². The Bertz CT molecular complexity index is 46.1. The molecule has 3 heteroatoms. The maximum atomic E-state index is 10.8. The minimum Gasteiger partial charge on any atom is -0.317 e. The molecule has 6 heavy (non-hydrogen) atoms. The molecule has 0 amide bonds. The first-order chi connectivity index (χ1) is 2.91. The van der Waals surface area contributed by atoms with Gasteiger partial charge in [-0.05, 0) is 6.08 Å². The van der Waals surface area contributed by atoms with Gasteiger partial charge in [0.25, 0.3) is 0 Å². The molecule has 0 aromatic carbocycles. The number of halogens is 1. The average molecular weight is 91.1 g/mol.